The summed E-state index contributed by atoms with van der Waals surface area (Å²) >= 11 is 0. The highest BCUT2D eigenvalue weighted by atomic mass is 16.3. The van der Waals surface area contributed by atoms with Crippen LogP contribution >= 0.6 is 0 Å². The van der Waals surface area contributed by atoms with Gasteiger partial charge in [0.2, 0.25) is 0 Å². The van der Waals surface area contributed by atoms with Gasteiger partial charge in [-0.05, 0) is 37.6 Å². The fourth-order valence-electron chi connectivity index (χ4n) is 1.91. The number of hydrogen-bond acceptors (Lipinski definition) is 4. The lowest BCUT2D eigenvalue weighted by molar-refractivity contribution is 0.503. The molecule has 0 atom stereocenters. The Morgan fingerprint density at radius 3 is 2.72 bits per heavy atom. The average molecular weight is 245 g/mol. The number of furan rings is 1. The highest BCUT2D eigenvalue weighted by Gasteiger charge is 2.09. The van der Waals surface area contributed by atoms with E-state index >= 15 is 0 Å². The third-order valence-corrected chi connectivity index (χ3v) is 3.03. The minimum atomic E-state index is 0.531. The van der Waals surface area contributed by atoms with E-state index in [0.717, 1.165) is 35.9 Å². The number of aryl methyl sites for hydroxylation is 1. The SMILES string of the molecule is CCN(Cc1ccco1)c1ccc(CN)c(C)n1. The van der Waals surface area contributed by atoms with E-state index in [4.69, 9.17) is 10.2 Å². The van der Waals surface area contributed by atoms with Gasteiger partial charge in [0.1, 0.15) is 11.6 Å². The van der Waals surface area contributed by atoms with Crippen LogP contribution in [0, 0.1) is 6.92 Å². The summed E-state index contributed by atoms with van der Waals surface area (Å²) in [6.45, 7) is 6.25. The molecule has 4 nitrogen and oxygen atoms in total. The highest BCUT2D eigenvalue weighted by molar-refractivity contribution is 5.41. The van der Waals surface area contributed by atoms with Gasteiger partial charge in [0, 0.05) is 18.8 Å². The van der Waals surface area contributed by atoms with Crippen molar-refractivity contribution in [1.82, 2.24) is 4.98 Å². The van der Waals surface area contributed by atoms with Crippen LogP contribution in [0.5, 0.6) is 0 Å². The van der Waals surface area contributed by atoms with Crippen molar-refractivity contribution in [2.45, 2.75) is 26.9 Å². The lowest BCUT2D eigenvalue weighted by Crippen LogP contribution is -2.23. The molecule has 2 heterocycles. The second-order valence-electron chi connectivity index (χ2n) is 4.21. The second-order valence-corrected chi connectivity index (χ2v) is 4.21. The van der Waals surface area contributed by atoms with Crippen molar-refractivity contribution in [3.8, 4) is 0 Å². The van der Waals surface area contributed by atoms with Crippen molar-refractivity contribution in [3.63, 3.8) is 0 Å². The number of aromatic nitrogens is 1. The van der Waals surface area contributed by atoms with Crippen LogP contribution in [0.25, 0.3) is 0 Å². The van der Waals surface area contributed by atoms with Gasteiger partial charge in [0.25, 0.3) is 0 Å². The summed E-state index contributed by atoms with van der Waals surface area (Å²) in [4.78, 5) is 6.77. The first-order valence-electron chi connectivity index (χ1n) is 6.18. The minimum Gasteiger partial charge on any atom is -0.467 e. The molecule has 0 aliphatic heterocycles. The lowest BCUT2D eigenvalue weighted by Gasteiger charge is -2.21. The number of hydrogen-bond donors (Lipinski definition) is 1. The van der Waals surface area contributed by atoms with Crippen LogP contribution < -0.4 is 10.6 Å². The minimum absolute atomic E-state index is 0.531. The maximum atomic E-state index is 5.65. The fourth-order valence-corrected chi connectivity index (χ4v) is 1.91. The molecule has 0 aliphatic rings. The Bertz CT molecular complexity index is 494. The Kier molecular flexibility index (Phi) is 3.99. The van der Waals surface area contributed by atoms with Crippen LogP contribution in [-0.2, 0) is 13.1 Å². The molecule has 4 heteroatoms. The van der Waals surface area contributed by atoms with Gasteiger partial charge in [-0.15, -0.1) is 0 Å². The van der Waals surface area contributed by atoms with Gasteiger partial charge in [-0.2, -0.15) is 0 Å². The van der Waals surface area contributed by atoms with Gasteiger partial charge < -0.3 is 15.1 Å². The summed E-state index contributed by atoms with van der Waals surface area (Å²) in [6, 6.07) is 7.94. The molecule has 0 fully saturated rings. The maximum Gasteiger partial charge on any atom is 0.129 e. The Balaban J connectivity index is 2.19. The smallest absolute Gasteiger partial charge is 0.129 e. The lowest BCUT2D eigenvalue weighted by atomic mass is 10.2. The number of rotatable bonds is 5. The molecule has 0 aliphatic carbocycles. The van der Waals surface area contributed by atoms with Gasteiger partial charge >= 0.3 is 0 Å². The van der Waals surface area contributed by atoms with Crippen molar-refractivity contribution in [3.05, 3.63) is 47.5 Å². The zero-order chi connectivity index (χ0) is 13.0. The first-order valence-corrected chi connectivity index (χ1v) is 6.18. The Hall–Kier alpha value is -1.81. The van der Waals surface area contributed by atoms with Gasteiger partial charge in [0.05, 0.1) is 12.8 Å². The van der Waals surface area contributed by atoms with E-state index in [0.29, 0.717) is 6.54 Å². The molecule has 2 aromatic heterocycles. The monoisotopic (exact) mass is 245 g/mol. The Labute approximate surface area is 107 Å². The molecule has 96 valence electrons. The summed E-state index contributed by atoms with van der Waals surface area (Å²) in [5, 5.41) is 0. The standard InChI is InChI=1S/C14H19N3O/c1-3-17(10-13-5-4-8-18-13)14-7-6-12(9-15)11(2)16-14/h4-8H,3,9-10,15H2,1-2H3. The largest absolute Gasteiger partial charge is 0.467 e. The van der Waals surface area contributed by atoms with Gasteiger partial charge in [-0.25, -0.2) is 4.98 Å². The molecule has 2 rings (SSSR count). The van der Waals surface area contributed by atoms with Gasteiger partial charge in [-0.3, -0.25) is 0 Å². The highest BCUT2D eigenvalue weighted by Crippen LogP contribution is 2.17. The summed E-state index contributed by atoms with van der Waals surface area (Å²) in [5.74, 6) is 1.91. The van der Waals surface area contributed by atoms with E-state index in [1.54, 1.807) is 6.26 Å². The predicted molar refractivity (Wildman–Crippen MR) is 72.3 cm³/mol. The summed E-state index contributed by atoms with van der Waals surface area (Å²) in [5.41, 5.74) is 7.73. The molecular formula is C14H19N3O. The molecule has 0 saturated heterocycles. The molecule has 0 unspecified atom stereocenters. The van der Waals surface area contributed by atoms with Crippen molar-refractivity contribution >= 4 is 5.82 Å². The van der Waals surface area contributed by atoms with Crippen LogP contribution in [0.1, 0.15) is 23.9 Å². The van der Waals surface area contributed by atoms with Crippen LogP contribution in [0.4, 0.5) is 5.82 Å². The van der Waals surface area contributed by atoms with E-state index in [-0.39, 0.29) is 0 Å². The van der Waals surface area contributed by atoms with E-state index in [1.807, 2.05) is 31.2 Å². The molecular weight excluding hydrogens is 226 g/mol. The van der Waals surface area contributed by atoms with Gasteiger partial charge in [0.15, 0.2) is 0 Å². The van der Waals surface area contributed by atoms with Crippen LogP contribution in [0.2, 0.25) is 0 Å². The van der Waals surface area contributed by atoms with Crippen molar-refractivity contribution in [2.75, 3.05) is 11.4 Å². The van der Waals surface area contributed by atoms with E-state index in [2.05, 4.69) is 16.8 Å². The summed E-state index contributed by atoms with van der Waals surface area (Å²) < 4.78 is 5.37. The van der Waals surface area contributed by atoms with Crippen molar-refractivity contribution < 1.29 is 4.42 Å². The summed E-state index contributed by atoms with van der Waals surface area (Å²) in [6.07, 6.45) is 1.69. The first kappa shape index (κ1) is 12.6. The number of pyridine rings is 1. The quantitative estimate of drug-likeness (QED) is 0.879. The Morgan fingerprint density at radius 2 is 2.17 bits per heavy atom. The Morgan fingerprint density at radius 1 is 1.33 bits per heavy atom. The molecule has 0 aromatic carbocycles. The van der Waals surface area contributed by atoms with Crippen LogP contribution in [-0.4, -0.2) is 11.5 Å². The van der Waals surface area contributed by atoms with Crippen LogP contribution in [0.3, 0.4) is 0 Å². The topological polar surface area (TPSA) is 55.3 Å². The average Bonchev–Trinajstić information content (AvgIpc) is 2.88. The molecule has 0 bridgehead atoms. The molecule has 0 spiro atoms. The van der Waals surface area contributed by atoms with Crippen molar-refractivity contribution in [1.29, 1.82) is 0 Å². The number of nitrogens with zero attached hydrogens (tertiary/aromatic N) is 2. The molecule has 0 radical (unpaired) electrons. The second kappa shape index (κ2) is 5.69. The molecule has 0 amide bonds. The zero-order valence-electron chi connectivity index (χ0n) is 10.9. The normalized spacial score (nSPS) is 10.6. The number of nitrogens with two attached hydrogens (primary N) is 1. The molecule has 2 aromatic rings. The molecule has 18 heavy (non-hydrogen) atoms. The van der Waals surface area contributed by atoms with E-state index in [1.165, 1.54) is 0 Å². The number of anilines is 1. The molecule has 2 N–H and O–H groups in total. The third-order valence-electron chi connectivity index (χ3n) is 3.03. The third kappa shape index (κ3) is 2.71. The van der Waals surface area contributed by atoms with E-state index in [9.17, 15) is 0 Å². The zero-order valence-corrected chi connectivity index (χ0v) is 10.9. The fraction of sp³-hybridized carbons (Fsp3) is 0.357. The van der Waals surface area contributed by atoms with Gasteiger partial charge in [-0.1, -0.05) is 6.07 Å². The molecule has 0 saturated carbocycles. The van der Waals surface area contributed by atoms with Crippen molar-refractivity contribution in [2.24, 2.45) is 5.73 Å². The summed E-state index contributed by atoms with van der Waals surface area (Å²) in [7, 11) is 0. The van der Waals surface area contributed by atoms with Crippen LogP contribution in [0.15, 0.2) is 34.9 Å². The predicted octanol–water partition coefficient (Wildman–Crippen LogP) is 2.47. The maximum absolute atomic E-state index is 5.65. The first-order chi connectivity index (χ1) is 8.74. The van der Waals surface area contributed by atoms with E-state index < -0.39 is 0 Å².